The second-order valence-corrected chi connectivity index (χ2v) is 8.32. The average molecular weight is 469 g/mol. The van der Waals surface area contributed by atoms with Crippen molar-refractivity contribution in [2.75, 3.05) is 13.1 Å². The predicted octanol–water partition coefficient (Wildman–Crippen LogP) is 3.37. The first kappa shape index (κ1) is 22.5. The second-order valence-electron chi connectivity index (χ2n) is 7.33. The van der Waals surface area contributed by atoms with Crippen molar-refractivity contribution in [3.05, 3.63) is 75.4 Å². The maximum absolute atomic E-state index is 13.0. The SMILES string of the molecule is O=C(CCCn1c(=O)oc2ccccc21)NCCN1C(=O)SC(=Cc2ccc(F)cc2)C1=O. The molecular formula is C23H20FN3O5S. The number of benzene rings is 2. The Bertz CT molecular complexity index is 1300. The largest absolute Gasteiger partial charge is 0.419 e. The van der Waals surface area contributed by atoms with Crippen LogP contribution in [0.2, 0.25) is 0 Å². The van der Waals surface area contributed by atoms with Crippen LogP contribution >= 0.6 is 11.8 Å². The number of amides is 3. The summed E-state index contributed by atoms with van der Waals surface area (Å²) in [5, 5.41) is 2.26. The number of nitrogens with zero attached hydrogens (tertiary/aromatic N) is 2. The summed E-state index contributed by atoms with van der Waals surface area (Å²) in [7, 11) is 0. The highest BCUT2D eigenvalue weighted by Crippen LogP contribution is 2.31. The van der Waals surface area contributed by atoms with Gasteiger partial charge in [0.2, 0.25) is 5.91 Å². The van der Waals surface area contributed by atoms with E-state index in [0.29, 0.717) is 29.6 Å². The second kappa shape index (κ2) is 9.86. The minimum Gasteiger partial charge on any atom is -0.408 e. The van der Waals surface area contributed by atoms with Crippen LogP contribution in [0.4, 0.5) is 9.18 Å². The monoisotopic (exact) mass is 469 g/mol. The minimum absolute atomic E-state index is 0.0446. The fourth-order valence-corrected chi connectivity index (χ4v) is 4.29. The van der Waals surface area contributed by atoms with Gasteiger partial charge in [0.1, 0.15) is 5.82 Å². The predicted molar refractivity (Wildman–Crippen MR) is 122 cm³/mol. The molecule has 0 unspecified atom stereocenters. The Morgan fingerprint density at radius 1 is 1.06 bits per heavy atom. The molecule has 1 aliphatic heterocycles. The normalized spacial score (nSPS) is 15.1. The lowest BCUT2D eigenvalue weighted by atomic mass is 10.2. The topological polar surface area (TPSA) is 102 Å². The Morgan fingerprint density at radius 2 is 1.82 bits per heavy atom. The van der Waals surface area contributed by atoms with Crippen LogP contribution in [0.5, 0.6) is 0 Å². The molecule has 3 amide bonds. The molecule has 0 radical (unpaired) electrons. The van der Waals surface area contributed by atoms with Crippen molar-refractivity contribution < 1.29 is 23.2 Å². The van der Waals surface area contributed by atoms with E-state index in [4.69, 9.17) is 4.42 Å². The van der Waals surface area contributed by atoms with Crippen LogP contribution in [-0.2, 0) is 16.1 Å². The van der Waals surface area contributed by atoms with Gasteiger partial charge in [0, 0.05) is 26.1 Å². The molecule has 0 saturated carbocycles. The van der Waals surface area contributed by atoms with E-state index in [0.717, 1.165) is 16.7 Å². The van der Waals surface area contributed by atoms with Crippen molar-refractivity contribution in [1.82, 2.24) is 14.8 Å². The smallest absolute Gasteiger partial charge is 0.408 e. The molecule has 2 aromatic carbocycles. The van der Waals surface area contributed by atoms with Gasteiger partial charge in [-0.15, -0.1) is 0 Å². The first-order valence-electron chi connectivity index (χ1n) is 10.3. The summed E-state index contributed by atoms with van der Waals surface area (Å²) >= 11 is 0.805. The molecule has 1 saturated heterocycles. The van der Waals surface area contributed by atoms with Gasteiger partial charge in [-0.2, -0.15) is 0 Å². The molecule has 10 heteroatoms. The zero-order valence-corrected chi connectivity index (χ0v) is 18.3. The number of fused-ring (bicyclic) bond motifs is 1. The average Bonchev–Trinajstić information content (AvgIpc) is 3.25. The molecule has 8 nitrogen and oxygen atoms in total. The molecule has 1 aliphatic rings. The highest BCUT2D eigenvalue weighted by Gasteiger charge is 2.34. The number of imide groups is 1. The number of aromatic nitrogens is 1. The van der Waals surface area contributed by atoms with Crippen LogP contribution in [-0.4, -0.2) is 39.6 Å². The number of rotatable bonds is 8. The molecule has 1 fully saturated rings. The van der Waals surface area contributed by atoms with Gasteiger partial charge in [-0.1, -0.05) is 24.3 Å². The van der Waals surface area contributed by atoms with Crippen molar-refractivity contribution in [1.29, 1.82) is 0 Å². The maximum Gasteiger partial charge on any atom is 0.419 e. The van der Waals surface area contributed by atoms with E-state index in [2.05, 4.69) is 5.32 Å². The van der Waals surface area contributed by atoms with Crippen molar-refractivity contribution in [2.24, 2.45) is 0 Å². The first-order chi connectivity index (χ1) is 15.9. The van der Waals surface area contributed by atoms with Crippen molar-refractivity contribution in [3.8, 4) is 0 Å². The van der Waals surface area contributed by atoms with Gasteiger partial charge in [0.25, 0.3) is 11.1 Å². The lowest BCUT2D eigenvalue weighted by molar-refractivity contribution is -0.124. The Morgan fingerprint density at radius 3 is 2.61 bits per heavy atom. The van der Waals surface area contributed by atoms with E-state index in [-0.39, 0.29) is 36.1 Å². The van der Waals surface area contributed by atoms with Gasteiger partial charge in [0.15, 0.2) is 5.58 Å². The van der Waals surface area contributed by atoms with Crippen molar-refractivity contribution in [3.63, 3.8) is 0 Å². The van der Waals surface area contributed by atoms with Crippen LogP contribution in [0.25, 0.3) is 17.2 Å². The Balaban J connectivity index is 1.24. The Hall–Kier alpha value is -3.66. The first-order valence-corrected chi connectivity index (χ1v) is 11.1. The highest BCUT2D eigenvalue weighted by atomic mass is 32.2. The summed E-state index contributed by atoms with van der Waals surface area (Å²) in [5.74, 6) is -1.55. The number of hydrogen-bond acceptors (Lipinski definition) is 6. The number of carbonyl (C=O) groups is 3. The molecule has 0 aliphatic carbocycles. The van der Waals surface area contributed by atoms with Gasteiger partial charge in [0.05, 0.1) is 10.4 Å². The minimum atomic E-state index is -0.468. The highest BCUT2D eigenvalue weighted by molar-refractivity contribution is 8.18. The number of para-hydroxylation sites is 2. The lowest BCUT2D eigenvalue weighted by Gasteiger charge is -2.13. The Labute approximate surface area is 192 Å². The standard InChI is InChI=1S/C23H20FN3O5S/c24-16-9-7-15(8-10-16)14-19-21(29)27(23(31)33-19)13-11-25-20(28)6-3-12-26-17-4-1-2-5-18(17)32-22(26)30/h1-2,4-5,7-10,14H,3,6,11-13H2,(H,25,28). The van der Waals surface area contributed by atoms with E-state index >= 15 is 0 Å². The third kappa shape index (κ3) is 5.23. The number of aryl methyl sites for hydroxylation is 1. The van der Waals surface area contributed by atoms with E-state index in [9.17, 15) is 23.6 Å². The zero-order chi connectivity index (χ0) is 23.4. The summed E-state index contributed by atoms with van der Waals surface area (Å²) in [5.41, 5.74) is 1.79. The number of oxazole rings is 1. The van der Waals surface area contributed by atoms with Crippen LogP contribution < -0.4 is 11.1 Å². The third-order valence-corrected chi connectivity index (χ3v) is 5.97. The Kier molecular flexibility index (Phi) is 6.74. The molecule has 1 N–H and O–H groups in total. The van der Waals surface area contributed by atoms with E-state index < -0.39 is 16.9 Å². The van der Waals surface area contributed by atoms with Gasteiger partial charge in [-0.25, -0.2) is 9.18 Å². The van der Waals surface area contributed by atoms with Gasteiger partial charge in [-0.05, 0) is 54.1 Å². The molecule has 2 heterocycles. The van der Waals surface area contributed by atoms with E-state index in [1.54, 1.807) is 24.3 Å². The van der Waals surface area contributed by atoms with Gasteiger partial charge in [-0.3, -0.25) is 23.9 Å². The van der Waals surface area contributed by atoms with Crippen molar-refractivity contribution >= 4 is 46.0 Å². The number of thioether (sulfide) groups is 1. The molecule has 0 atom stereocenters. The van der Waals surface area contributed by atoms with Crippen LogP contribution in [0.3, 0.4) is 0 Å². The quantitative estimate of drug-likeness (QED) is 0.508. The van der Waals surface area contributed by atoms with Gasteiger partial charge < -0.3 is 9.73 Å². The number of nitrogens with one attached hydrogen (secondary N) is 1. The van der Waals surface area contributed by atoms with E-state index in [1.165, 1.54) is 34.9 Å². The number of carbonyl (C=O) groups excluding carboxylic acids is 3. The maximum atomic E-state index is 13.0. The molecule has 170 valence electrons. The van der Waals surface area contributed by atoms with Crippen molar-refractivity contribution in [2.45, 2.75) is 19.4 Å². The molecule has 33 heavy (non-hydrogen) atoms. The molecule has 0 bridgehead atoms. The van der Waals surface area contributed by atoms with E-state index in [1.807, 2.05) is 0 Å². The summed E-state index contributed by atoms with van der Waals surface area (Å²) in [6.45, 7) is 0.499. The lowest BCUT2D eigenvalue weighted by Crippen LogP contribution is -2.37. The summed E-state index contributed by atoms with van der Waals surface area (Å²) in [6.07, 6.45) is 2.14. The zero-order valence-electron chi connectivity index (χ0n) is 17.5. The number of hydrogen-bond donors (Lipinski definition) is 1. The molecule has 3 aromatic rings. The molecule has 4 rings (SSSR count). The number of halogens is 1. The fourth-order valence-electron chi connectivity index (χ4n) is 3.42. The fraction of sp³-hybridized carbons (Fsp3) is 0.217. The van der Waals surface area contributed by atoms with Gasteiger partial charge >= 0.3 is 5.76 Å². The van der Waals surface area contributed by atoms with Crippen LogP contribution in [0.15, 0.2) is 62.6 Å². The molecule has 0 spiro atoms. The summed E-state index contributed by atoms with van der Waals surface area (Å²) in [6, 6.07) is 12.7. The molecular weight excluding hydrogens is 449 g/mol. The summed E-state index contributed by atoms with van der Waals surface area (Å²) in [4.78, 5) is 50.1. The summed E-state index contributed by atoms with van der Waals surface area (Å²) < 4.78 is 19.7. The van der Waals surface area contributed by atoms with Crippen LogP contribution in [0.1, 0.15) is 18.4 Å². The third-order valence-electron chi connectivity index (χ3n) is 5.06. The van der Waals surface area contributed by atoms with Crippen LogP contribution in [0, 0.1) is 5.82 Å². The molecule has 1 aromatic heterocycles.